The average Bonchev–Trinajstić information content (AvgIpc) is 3.01. The molecule has 114 valence electrons. The summed E-state index contributed by atoms with van der Waals surface area (Å²) in [6.45, 7) is 4.96. The molecule has 0 aromatic carbocycles. The van der Waals surface area contributed by atoms with Gasteiger partial charge in [-0.15, -0.1) is 0 Å². The van der Waals surface area contributed by atoms with Crippen molar-refractivity contribution in [2.45, 2.75) is 26.3 Å². The first-order valence-corrected chi connectivity index (χ1v) is 6.95. The van der Waals surface area contributed by atoms with Crippen molar-refractivity contribution >= 4 is 11.9 Å². The van der Waals surface area contributed by atoms with Gasteiger partial charge in [-0.05, 0) is 20.3 Å². The normalized spacial score (nSPS) is 10.9. The smallest absolute Gasteiger partial charge is 0.241 e. The third-order valence-corrected chi connectivity index (χ3v) is 3.01. The summed E-state index contributed by atoms with van der Waals surface area (Å²) in [7, 11) is 1.77. The average molecular weight is 291 g/mol. The van der Waals surface area contributed by atoms with Crippen molar-refractivity contribution in [1.82, 2.24) is 24.5 Å². The number of anilines is 2. The summed E-state index contributed by atoms with van der Waals surface area (Å²) in [5.41, 5.74) is 0. The van der Waals surface area contributed by atoms with Crippen molar-refractivity contribution in [3.05, 3.63) is 18.7 Å². The topological polar surface area (TPSA) is 92.0 Å². The molecule has 2 N–H and O–H groups in total. The molecule has 21 heavy (non-hydrogen) atoms. The summed E-state index contributed by atoms with van der Waals surface area (Å²) in [6, 6.07) is 0.222. The van der Waals surface area contributed by atoms with Crippen molar-refractivity contribution in [3.8, 4) is 5.95 Å². The highest BCUT2D eigenvalue weighted by Gasteiger charge is 2.16. The molecule has 0 aliphatic carbocycles. The third kappa shape index (κ3) is 3.66. The van der Waals surface area contributed by atoms with Crippen LogP contribution in [0.2, 0.25) is 0 Å². The zero-order valence-corrected chi connectivity index (χ0v) is 12.6. The Bertz CT molecular complexity index is 556. The zero-order chi connectivity index (χ0) is 15.2. The summed E-state index contributed by atoms with van der Waals surface area (Å²) in [5.74, 6) is 1.59. The van der Waals surface area contributed by atoms with Crippen LogP contribution in [-0.2, 0) is 0 Å². The number of imidazole rings is 1. The highest BCUT2D eigenvalue weighted by atomic mass is 16.3. The van der Waals surface area contributed by atoms with Crippen molar-refractivity contribution in [2.75, 3.05) is 30.4 Å². The van der Waals surface area contributed by atoms with Crippen LogP contribution < -0.4 is 10.2 Å². The van der Waals surface area contributed by atoms with Crippen molar-refractivity contribution in [1.29, 1.82) is 0 Å². The largest absolute Gasteiger partial charge is 0.396 e. The highest BCUT2D eigenvalue weighted by molar-refractivity contribution is 5.40. The maximum Gasteiger partial charge on any atom is 0.241 e. The van der Waals surface area contributed by atoms with Crippen LogP contribution >= 0.6 is 0 Å². The molecule has 2 rings (SSSR count). The van der Waals surface area contributed by atoms with Crippen molar-refractivity contribution in [2.24, 2.45) is 0 Å². The van der Waals surface area contributed by atoms with Crippen LogP contribution in [0.3, 0.4) is 0 Å². The summed E-state index contributed by atoms with van der Waals surface area (Å²) in [6.07, 6.45) is 5.77. The summed E-state index contributed by atoms with van der Waals surface area (Å²) < 4.78 is 1.73. The molecule has 0 aliphatic rings. The van der Waals surface area contributed by atoms with E-state index in [2.05, 4.69) is 39.1 Å². The van der Waals surface area contributed by atoms with E-state index in [0.29, 0.717) is 30.8 Å². The molecule has 2 aromatic heterocycles. The first-order valence-electron chi connectivity index (χ1n) is 6.95. The molecule has 0 fully saturated rings. The SMILES string of the molecule is CNc1nc(N(CCCO)C(C)C)nc(-n2ccnc2)n1. The van der Waals surface area contributed by atoms with E-state index in [4.69, 9.17) is 5.11 Å². The number of hydrogen-bond acceptors (Lipinski definition) is 7. The van der Waals surface area contributed by atoms with Gasteiger partial charge in [0.1, 0.15) is 6.33 Å². The Balaban J connectivity index is 2.39. The van der Waals surface area contributed by atoms with Gasteiger partial charge in [-0.25, -0.2) is 4.98 Å². The number of nitrogens with one attached hydrogen (secondary N) is 1. The minimum absolute atomic E-state index is 0.140. The first-order chi connectivity index (χ1) is 10.2. The maximum atomic E-state index is 9.04. The minimum atomic E-state index is 0.140. The summed E-state index contributed by atoms with van der Waals surface area (Å²) in [5, 5.41) is 12.0. The van der Waals surface area contributed by atoms with Gasteiger partial charge >= 0.3 is 0 Å². The minimum Gasteiger partial charge on any atom is -0.396 e. The van der Waals surface area contributed by atoms with Gasteiger partial charge in [0.2, 0.25) is 17.8 Å². The Hall–Kier alpha value is -2.22. The van der Waals surface area contributed by atoms with E-state index >= 15 is 0 Å². The number of nitrogens with zero attached hydrogens (tertiary/aromatic N) is 6. The Kier molecular flexibility index (Phi) is 5.04. The number of aliphatic hydroxyl groups is 1. The van der Waals surface area contributed by atoms with Gasteiger partial charge in [0.05, 0.1) is 0 Å². The fraction of sp³-hybridized carbons (Fsp3) is 0.538. The standard InChI is InChI=1S/C13H21N7O/c1-10(2)20(6-4-8-21)13-17-11(14-3)16-12(18-13)19-7-5-15-9-19/h5,7,9-10,21H,4,6,8H2,1-3H3,(H,14,16,17,18). The van der Waals surface area contributed by atoms with Crippen molar-refractivity contribution < 1.29 is 5.11 Å². The van der Waals surface area contributed by atoms with Crippen molar-refractivity contribution in [3.63, 3.8) is 0 Å². The maximum absolute atomic E-state index is 9.04. The first kappa shape index (κ1) is 15.2. The molecular weight excluding hydrogens is 270 g/mol. The highest BCUT2D eigenvalue weighted by Crippen LogP contribution is 2.16. The molecule has 0 bridgehead atoms. The second kappa shape index (κ2) is 6.98. The second-order valence-electron chi connectivity index (χ2n) is 4.84. The van der Waals surface area contributed by atoms with Crippen LogP contribution in [0.4, 0.5) is 11.9 Å². The van der Waals surface area contributed by atoms with Crippen LogP contribution in [0, 0.1) is 0 Å². The fourth-order valence-corrected chi connectivity index (χ4v) is 1.92. The monoisotopic (exact) mass is 291 g/mol. The molecule has 0 saturated heterocycles. The summed E-state index contributed by atoms with van der Waals surface area (Å²) >= 11 is 0. The van der Waals surface area contributed by atoms with E-state index in [1.807, 2.05) is 4.90 Å². The second-order valence-corrected chi connectivity index (χ2v) is 4.84. The number of hydrogen-bond donors (Lipinski definition) is 2. The number of aliphatic hydroxyl groups excluding tert-OH is 1. The van der Waals surface area contributed by atoms with Gasteiger partial charge in [-0.1, -0.05) is 0 Å². The van der Waals surface area contributed by atoms with Crippen LogP contribution in [0.15, 0.2) is 18.7 Å². The molecule has 8 nitrogen and oxygen atoms in total. The lowest BCUT2D eigenvalue weighted by molar-refractivity contribution is 0.288. The molecule has 0 spiro atoms. The lowest BCUT2D eigenvalue weighted by atomic mass is 10.3. The van der Waals surface area contributed by atoms with E-state index in [0.717, 1.165) is 0 Å². The summed E-state index contributed by atoms with van der Waals surface area (Å²) in [4.78, 5) is 19.3. The van der Waals surface area contributed by atoms with Crippen LogP contribution in [0.1, 0.15) is 20.3 Å². The Morgan fingerprint density at radius 3 is 2.71 bits per heavy atom. The molecule has 0 aliphatic heterocycles. The van der Waals surface area contributed by atoms with Gasteiger partial charge in [-0.2, -0.15) is 15.0 Å². The molecule has 0 unspecified atom stereocenters. The van der Waals surface area contributed by atoms with Gasteiger partial charge in [-0.3, -0.25) is 4.57 Å². The fourth-order valence-electron chi connectivity index (χ4n) is 1.92. The van der Waals surface area contributed by atoms with Gasteiger partial charge in [0, 0.05) is 38.6 Å². The predicted molar refractivity (Wildman–Crippen MR) is 80.7 cm³/mol. The van der Waals surface area contributed by atoms with E-state index in [9.17, 15) is 0 Å². The van der Waals surface area contributed by atoms with Gasteiger partial charge < -0.3 is 15.3 Å². The quantitative estimate of drug-likeness (QED) is 0.775. The lowest BCUT2D eigenvalue weighted by Crippen LogP contribution is -2.34. The molecule has 2 aromatic rings. The molecule has 2 heterocycles. The molecule has 8 heteroatoms. The van der Waals surface area contributed by atoms with Crippen LogP contribution in [0.25, 0.3) is 5.95 Å². The Morgan fingerprint density at radius 2 is 2.14 bits per heavy atom. The van der Waals surface area contributed by atoms with E-state index < -0.39 is 0 Å². The number of rotatable bonds is 7. The molecule has 0 amide bonds. The molecule has 0 radical (unpaired) electrons. The lowest BCUT2D eigenvalue weighted by Gasteiger charge is -2.26. The Labute approximate surface area is 123 Å². The van der Waals surface area contributed by atoms with E-state index in [1.54, 1.807) is 30.3 Å². The molecule has 0 saturated carbocycles. The zero-order valence-electron chi connectivity index (χ0n) is 12.6. The predicted octanol–water partition coefficient (Wildman–Crippen LogP) is 0.696. The number of aromatic nitrogens is 5. The van der Waals surface area contributed by atoms with E-state index in [1.165, 1.54) is 0 Å². The molecular formula is C13H21N7O. The third-order valence-electron chi connectivity index (χ3n) is 3.01. The van der Waals surface area contributed by atoms with Gasteiger partial charge in [0.15, 0.2) is 0 Å². The molecule has 0 atom stereocenters. The van der Waals surface area contributed by atoms with E-state index in [-0.39, 0.29) is 12.6 Å². The van der Waals surface area contributed by atoms with Crippen LogP contribution in [-0.4, -0.2) is 55.9 Å². The van der Waals surface area contributed by atoms with Gasteiger partial charge in [0.25, 0.3) is 0 Å². The Morgan fingerprint density at radius 1 is 1.33 bits per heavy atom. The van der Waals surface area contributed by atoms with Crippen LogP contribution in [0.5, 0.6) is 0 Å².